The second-order valence-electron chi connectivity index (χ2n) is 4.25. The first-order chi connectivity index (χ1) is 7.86. The van der Waals surface area contributed by atoms with Crippen LogP contribution in [0.1, 0.15) is 19.4 Å². The molecular formula is C12H16FNO3. The number of carbonyl (C=O) groups is 1. The highest BCUT2D eigenvalue weighted by Gasteiger charge is 2.25. The van der Waals surface area contributed by atoms with Crippen molar-refractivity contribution >= 4 is 5.97 Å². The van der Waals surface area contributed by atoms with Crippen LogP contribution in [0, 0.1) is 5.82 Å². The van der Waals surface area contributed by atoms with E-state index in [0.717, 1.165) is 0 Å². The SMILES string of the molecule is COc1ccc(CNC(C)(C)C(=O)O)cc1F. The van der Waals surface area contributed by atoms with E-state index in [1.54, 1.807) is 19.9 Å². The third kappa shape index (κ3) is 3.42. The number of aliphatic carboxylic acids is 1. The molecule has 2 N–H and O–H groups in total. The lowest BCUT2D eigenvalue weighted by molar-refractivity contribution is -0.143. The van der Waals surface area contributed by atoms with Crippen molar-refractivity contribution in [3.05, 3.63) is 29.6 Å². The minimum Gasteiger partial charge on any atom is -0.494 e. The lowest BCUT2D eigenvalue weighted by Crippen LogP contribution is -2.46. The van der Waals surface area contributed by atoms with Crippen LogP contribution in [0.5, 0.6) is 5.75 Å². The van der Waals surface area contributed by atoms with Gasteiger partial charge in [-0.25, -0.2) is 4.39 Å². The molecule has 0 aliphatic heterocycles. The Hall–Kier alpha value is -1.62. The van der Waals surface area contributed by atoms with Gasteiger partial charge in [0.1, 0.15) is 5.54 Å². The van der Waals surface area contributed by atoms with Crippen molar-refractivity contribution in [2.75, 3.05) is 7.11 Å². The number of rotatable bonds is 5. The minimum atomic E-state index is -1.05. The zero-order valence-corrected chi connectivity index (χ0v) is 10.1. The van der Waals surface area contributed by atoms with E-state index in [4.69, 9.17) is 9.84 Å². The monoisotopic (exact) mass is 241 g/mol. The summed E-state index contributed by atoms with van der Waals surface area (Å²) in [5.74, 6) is -1.24. The predicted molar refractivity (Wildman–Crippen MR) is 61.5 cm³/mol. The summed E-state index contributed by atoms with van der Waals surface area (Å²) in [6.45, 7) is 3.38. The largest absolute Gasteiger partial charge is 0.494 e. The highest BCUT2D eigenvalue weighted by atomic mass is 19.1. The molecule has 94 valence electrons. The maximum absolute atomic E-state index is 13.4. The summed E-state index contributed by atoms with van der Waals surface area (Å²) in [5, 5.41) is 11.7. The maximum Gasteiger partial charge on any atom is 0.323 e. The molecule has 1 aromatic carbocycles. The minimum absolute atomic E-state index is 0.172. The van der Waals surface area contributed by atoms with Crippen LogP contribution in [0.4, 0.5) is 4.39 Å². The van der Waals surface area contributed by atoms with Gasteiger partial charge in [-0.15, -0.1) is 0 Å². The number of methoxy groups -OCH3 is 1. The summed E-state index contributed by atoms with van der Waals surface area (Å²) < 4.78 is 18.2. The molecule has 1 rings (SSSR count). The van der Waals surface area contributed by atoms with E-state index < -0.39 is 17.3 Å². The maximum atomic E-state index is 13.4. The van der Waals surface area contributed by atoms with Gasteiger partial charge in [0.05, 0.1) is 7.11 Å². The van der Waals surface area contributed by atoms with Crippen LogP contribution in [0.2, 0.25) is 0 Å². The summed E-state index contributed by atoms with van der Waals surface area (Å²) in [6.07, 6.45) is 0. The Morgan fingerprint density at radius 2 is 2.18 bits per heavy atom. The quantitative estimate of drug-likeness (QED) is 0.825. The number of nitrogens with one attached hydrogen (secondary N) is 1. The first kappa shape index (κ1) is 13.4. The Labute approximate surface area is 99.4 Å². The van der Waals surface area contributed by atoms with Gasteiger partial charge in [-0.1, -0.05) is 6.07 Å². The number of ether oxygens (including phenoxy) is 1. The summed E-state index contributed by atoms with van der Waals surface area (Å²) in [7, 11) is 1.39. The number of hydrogen-bond donors (Lipinski definition) is 2. The van der Waals surface area contributed by atoms with Gasteiger partial charge in [0, 0.05) is 6.54 Å². The Morgan fingerprint density at radius 1 is 1.53 bits per heavy atom. The van der Waals surface area contributed by atoms with Gasteiger partial charge in [0.2, 0.25) is 0 Å². The number of carboxylic acids is 1. The lowest BCUT2D eigenvalue weighted by atomic mass is 10.1. The molecule has 0 saturated heterocycles. The van der Waals surface area contributed by atoms with Crippen molar-refractivity contribution in [1.29, 1.82) is 0 Å². The van der Waals surface area contributed by atoms with Crippen LogP contribution in [-0.2, 0) is 11.3 Å². The van der Waals surface area contributed by atoms with E-state index in [0.29, 0.717) is 5.56 Å². The van der Waals surface area contributed by atoms with Gasteiger partial charge in [0.15, 0.2) is 11.6 Å². The number of benzene rings is 1. The number of halogens is 1. The summed E-state index contributed by atoms with van der Waals surface area (Å²) in [4.78, 5) is 10.9. The van der Waals surface area contributed by atoms with Crippen molar-refractivity contribution in [3.63, 3.8) is 0 Å². The fourth-order valence-electron chi connectivity index (χ4n) is 1.22. The van der Waals surface area contributed by atoms with Crippen molar-refractivity contribution in [2.45, 2.75) is 25.9 Å². The molecule has 0 heterocycles. The van der Waals surface area contributed by atoms with Crippen molar-refractivity contribution in [1.82, 2.24) is 5.32 Å². The van der Waals surface area contributed by atoms with Crippen molar-refractivity contribution < 1.29 is 19.0 Å². The molecule has 1 aromatic rings. The fourth-order valence-corrected chi connectivity index (χ4v) is 1.22. The molecule has 0 amide bonds. The van der Waals surface area contributed by atoms with Gasteiger partial charge >= 0.3 is 5.97 Å². The molecule has 0 aliphatic carbocycles. The molecule has 0 fully saturated rings. The van der Waals surface area contributed by atoms with Crippen LogP contribution in [0.15, 0.2) is 18.2 Å². The standard InChI is InChI=1S/C12H16FNO3/c1-12(2,11(15)16)14-7-8-4-5-10(17-3)9(13)6-8/h4-6,14H,7H2,1-3H3,(H,15,16). The highest BCUT2D eigenvalue weighted by molar-refractivity contribution is 5.77. The molecule has 0 atom stereocenters. The zero-order valence-electron chi connectivity index (χ0n) is 10.1. The van der Waals surface area contributed by atoms with E-state index in [2.05, 4.69) is 5.32 Å². The van der Waals surface area contributed by atoms with Crippen LogP contribution < -0.4 is 10.1 Å². The van der Waals surface area contributed by atoms with E-state index in [1.807, 2.05) is 0 Å². The number of hydrogen-bond acceptors (Lipinski definition) is 3. The van der Waals surface area contributed by atoms with Gasteiger partial charge < -0.3 is 9.84 Å². The third-order valence-electron chi connectivity index (χ3n) is 2.49. The second-order valence-corrected chi connectivity index (χ2v) is 4.25. The molecule has 0 spiro atoms. The molecule has 0 saturated carbocycles. The van der Waals surface area contributed by atoms with Gasteiger partial charge in [0.25, 0.3) is 0 Å². The normalized spacial score (nSPS) is 11.3. The van der Waals surface area contributed by atoms with Crippen LogP contribution in [0.25, 0.3) is 0 Å². The van der Waals surface area contributed by atoms with Crippen molar-refractivity contribution in [3.8, 4) is 5.75 Å². The lowest BCUT2D eigenvalue weighted by Gasteiger charge is -2.21. The van der Waals surface area contributed by atoms with Gasteiger partial charge in [-0.3, -0.25) is 10.1 Å². The van der Waals surface area contributed by atoms with Crippen LogP contribution in [0.3, 0.4) is 0 Å². The molecule has 4 nitrogen and oxygen atoms in total. The third-order valence-corrected chi connectivity index (χ3v) is 2.49. The smallest absolute Gasteiger partial charge is 0.323 e. The Kier molecular flexibility index (Phi) is 4.07. The highest BCUT2D eigenvalue weighted by Crippen LogP contribution is 2.18. The van der Waals surface area contributed by atoms with Crippen LogP contribution >= 0.6 is 0 Å². The van der Waals surface area contributed by atoms with E-state index in [9.17, 15) is 9.18 Å². The number of carboxylic acid groups (broad SMARTS) is 1. The molecule has 0 radical (unpaired) electrons. The molecule has 0 aliphatic rings. The average molecular weight is 241 g/mol. The summed E-state index contributed by atoms with van der Waals surface area (Å²) >= 11 is 0. The first-order valence-corrected chi connectivity index (χ1v) is 5.17. The van der Waals surface area contributed by atoms with Crippen molar-refractivity contribution in [2.24, 2.45) is 0 Å². The molecule has 5 heteroatoms. The zero-order chi connectivity index (χ0) is 13.1. The Bertz CT molecular complexity index is 418. The second kappa shape index (κ2) is 5.14. The molecule has 0 bridgehead atoms. The topological polar surface area (TPSA) is 58.6 Å². The molecule has 17 heavy (non-hydrogen) atoms. The van der Waals surface area contributed by atoms with E-state index in [-0.39, 0.29) is 12.3 Å². The Morgan fingerprint density at radius 3 is 2.65 bits per heavy atom. The van der Waals surface area contributed by atoms with Gasteiger partial charge in [-0.2, -0.15) is 0 Å². The summed E-state index contributed by atoms with van der Waals surface area (Å²) in [5.41, 5.74) is -0.381. The summed E-state index contributed by atoms with van der Waals surface area (Å²) in [6, 6.07) is 4.52. The molecule has 0 unspecified atom stereocenters. The van der Waals surface area contributed by atoms with E-state index >= 15 is 0 Å². The van der Waals surface area contributed by atoms with Crippen LogP contribution in [-0.4, -0.2) is 23.7 Å². The molecule has 0 aromatic heterocycles. The average Bonchev–Trinajstić information content (AvgIpc) is 2.26. The Balaban J connectivity index is 2.71. The first-order valence-electron chi connectivity index (χ1n) is 5.17. The van der Waals surface area contributed by atoms with E-state index in [1.165, 1.54) is 19.2 Å². The predicted octanol–water partition coefficient (Wildman–Crippen LogP) is 1.79. The van der Waals surface area contributed by atoms with Gasteiger partial charge in [-0.05, 0) is 31.5 Å². The molecular weight excluding hydrogens is 225 g/mol. The fraction of sp³-hybridized carbons (Fsp3) is 0.417.